The molecule has 1 aliphatic rings. The fourth-order valence-corrected chi connectivity index (χ4v) is 2.19. The first-order chi connectivity index (χ1) is 9.36. The Morgan fingerprint density at radius 1 is 1.16 bits per heavy atom. The van der Waals surface area contributed by atoms with E-state index in [2.05, 4.69) is 5.43 Å². The van der Waals surface area contributed by atoms with Crippen molar-refractivity contribution in [2.24, 2.45) is 5.84 Å². The van der Waals surface area contributed by atoms with Gasteiger partial charge in [-0.25, -0.2) is 0 Å². The second-order valence-electron chi connectivity index (χ2n) is 4.46. The number of hydrogen-bond donors (Lipinski definition) is 2. The number of nitrogens with one attached hydrogen (secondary N) is 1. The second kappa shape index (κ2) is 5.34. The van der Waals surface area contributed by atoms with Gasteiger partial charge < -0.3 is 13.9 Å². The van der Waals surface area contributed by atoms with E-state index in [-0.39, 0.29) is 6.04 Å². The van der Waals surface area contributed by atoms with Gasteiger partial charge in [-0.05, 0) is 35.7 Å². The van der Waals surface area contributed by atoms with Crippen LogP contribution < -0.4 is 20.7 Å². The minimum absolute atomic E-state index is 0.00780. The van der Waals surface area contributed by atoms with Crippen LogP contribution >= 0.6 is 0 Å². The molecule has 5 heteroatoms. The highest BCUT2D eigenvalue weighted by atomic mass is 16.6. The molecular formula is C14H16N2O3. The van der Waals surface area contributed by atoms with Gasteiger partial charge in [-0.3, -0.25) is 11.3 Å². The summed E-state index contributed by atoms with van der Waals surface area (Å²) in [5, 5.41) is 0. The molecule has 1 unspecified atom stereocenters. The van der Waals surface area contributed by atoms with Crippen LogP contribution in [0.5, 0.6) is 11.5 Å². The Kier molecular flexibility index (Phi) is 3.39. The van der Waals surface area contributed by atoms with Crippen LogP contribution in [0.25, 0.3) is 0 Å². The smallest absolute Gasteiger partial charge is 0.161 e. The summed E-state index contributed by atoms with van der Waals surface area (Å²) in [5.41, 5.74) is 4.98. The Morgan fingerprint density at radius 3 is 2.74 bits per heavy atom. The van der Waals surface area contributed by atoms with Crippen molar-refractivity contribution < 1.29 is 13.9 Å². The molecule has 0 radical (unpaired) electrons. The molecule has 5 nitrogen and oxygen atoms in total. The maximum absolute atomic E-state index is 5.64. The molecule has 100 valence electrons. The Hall–Kier alpha value is -1.98. The van der Waals surface area contributed by atoms with Crippen LogP contribution in [0.3, 0.4) is 0 Å². The van der Waals surface area contributed by atoms with Crippen molar-refractivity contribution in [3.8, 4) is 11.5 Å². The molecule has 2 heterocycles. The summed E-state index contributed by atoms with van der Waals surface area (Å²) in [4.78, 5) is 0. The lowest BCUT2D eigenvalue weighted by atomic mass is 10.0. The maximum Gasteiger partial charge on any atom is 0.161 e. The Morgan fingerprint density at radius 2 is 2.00 bits per heavy atom. The Labute approximate surface area is 111 Å². The van der Waals surface area contributed by atoms with Crippen molar-refractivity contribution in [1.82, 2.24) is 5.43 Å². The number of benzene rings is 1. The molecular weight excluding hydrogens is 244 g/mol. The summed E-state index contributed by atoms with van der Waals surface area (Å²) in [6.07, 6.45) is 4.14. The van der Waals surface area contributed by atoms with Crippen LogP contribution in [-0.4, -0.2) is 13.2 Å². The predicted octanol–water partition coefficient (Wildman–Crippen LogP) is 1.80. The lowest BCUT2D eigenvalue weighted by molar-refractivity contribution is 0.171. The molecule has 3 N–H and O–H groups in total. The zero-order valence-corrected chi connectivity index (χ0v) is 10.5. The van der Waals surface area contributed by atoms with Crippen molar-refractivity contribution in [3.63, 3.8) is 0 Å². The zero-order chi connectivity index (χ0) is 13.1. The molecule has 0 bridgehead atoms. The number of fused-ring (bicyclic) bond motifs is 1. The van der Waals surface area contributed by atoms with Crippen LogP contribution in [0.1, 0.15) is 17.2 Å². The topological polar surface area (TPSA) is 69.7 Å². The largest absolute Gasteiger partial charge is 0.486 e. The van der Waals surface area contributed by atoms with E-state index >= 15 is 0 Å². The van der Waals surface area contributed by atoms with Gasteiger partial charge in [-0.2, -0.15) is 0 Å². The predicted molar refractivity (Wildman–Crippen MR) is 69.9 cm³/mol. The minimum Gasteiger partial charge on any atom is -0.486 e. The number of hydrogen-bond acceptors (Lipinski definition) is 5. The van der Waals surface area contributed by atoms with Gasteiger partial charge in [0.05, 0.1) is 18.6 Å². The lowest BCUT2D eigenvalue weighted by Crippen LogP contribution is -2.29. The van der Waals surface area contributed by atoms with Crippen molar-refractivity contribution in [1.29, 1.82) is 0 Å². The van der Waals surface area contributed by atoms with Gasteiger partial charge in [0.1, 0.15) is 13.2 Å². The van der Waals surface area contributed by atoms with E-state index in [1.165, 1.54) is 0 Å². The van der Waals surface area contributed by atoms with Gasteiger partial charge in [0.15, 0.2) is 11.5 Å². The number of furan rings is 1. The average molecular weight is 260 g/mol. The maximum atomic E-state index is 5.64. The summed E-state index contributed by atoms with van der Waals surface area (Å²) in [6, 6.07) is 7.83. The summed E-state index contributed by atoms with van der Waals surface area (Å²) >= 11 is 0. The Bertz CT molecular complexity index is 540. The highest BCUT2D eigenvalue weighted by Crippen LogP contribution is 2.33. The SMILES string of the molecule is NNC(Cc1ccoc1)c1ccc2c(c1)OCCO2. The summed E-state index contributed by atoms with van der Waals surface area (Å²) in [6.45, 7) is 1.18. The number of hydrazine groups is 1. The molecule has 1 aromatic carbocycles. The minimum atomic E-state index is 0.00780. The fourth-order valence-electron chi connectivity index (χ4n) is 2.19. The molecule has 0 spiro atoms. The van der Waals surface area contributed by atoms with Gasteiger partial charge in [0, 0.05) is 0 Å². The van der Waals surface area contributed by atoms with Gasteiger partial charge in [0.25, 0.3) is 0 Å². The average Bonchev–Trinajstić information content (AvgIpc) is 2.97. The molecule has 0 aliphatic carbocycles. The zero-order valence-electron chi connectivity index (χ0n) is 10.5. The molecule has 0 amide bonds. The van der Waals surface area contributed by atoms with Crippen LogP contribution in [-0.2, 0) is 6.42 Å². The van der Waals surface area contributed by atoms with Crippen molar-refractivity contribution in [3.05, 3.63) is 47.9 Å². The molecule has 0 fully saturated rings. The summed E-state index contributed by atoms with van der Waals surface area (Å²) in [7, 11) is 0. The molecule has 0 saturated carbocycles. The van der Waals surface area contributed by atoms with Crippen LogP contribution in [0.15, 0.2) is 41.2 Å². The molecule has 0 saturated heterocycles. The van der Waals surface area contributed by atoms with E-state index in [1.54, 1.807) is 12.5 Å². The van der Waals surface area contributed by atoms with Gasteiger partial charge in [-0.15, -0.1) is 0 Å². The van der Waals surface area contributed by atoms with E-state index in [0.717, 1.165) is 29.0 Å². The fraction of sp³-hybridized carbons (Fsp3) is 0.286. The van der Waals surface area contributed by atoms with E-state index < -0.39 is 0 Å². The molecule has 3 rings (SSSR count). The third-order valence-electron chi connectivity index (χ3n) is 3.19. The highest BCUT2D eigenvalue weighted by molar-refractivity contribution is 5.44. The van der Waals surface area contributed by atoms with Gasteiger partial charge in [0.2, 0.25) is 0 Å². The van der Waals surface area contributed by atoms with Crippen molar-refractivity contribution >= 4 is 0 Å². The van der Waals surface area contributed by atoms with E-state index in [9.17, 15) is 0 Å². The first-order valence-corrected chi connectivity index (χ1v) is 6.23. The third-order valence-corrected chi connectivity index (χ3v) is 3.19. The van der Waals surface area contributed by atoms with Crippen LogP contribution in [0.4, 0.5) is 0 Å². The van der Waals surface area contributed by atoms with Gasteiger partial charge in [-0.1, -0.05) is 6.07 Å². The first kappa shape index (κ1) is 12.1. The normalized spacial score (nSPS) is 15.2. The number of nitrogens with two attached hydrogens (primary N) is 1. The first-order valence-electron chi connectivity index (χ1n) is 6.23. The van der Waals surface area contributed by atoms with E-state index in [1.807, 2.05) is 24.3 Å². The summed E-state index contributed by atoms with van der Waals surface area (Å²) < 4.78 is 16.2. The molecule has 1 atom stereocenters. The van der Waals surface area contributed by atoms with Gasteiger partial charge >= 0.3 is 0 Å². The second-order valence-corrected chi connectivity index (χ2v) is 4.46. The number of ether oxygens (including phenoxy) is 2. The number of rotatable bonds is 4. The molecule has 2 aromatic rings. The molecule has 19 heavy (non-hydrogen) atoms. The van der Waals surface area contributed by atoms with Crippen LogP contribution in [0, 0.1) is 0 Å². The molecule has 1 aliphatic heterocycles. The van der Waals surface area contributed by atoms with Crippen molar-refractivity contribution in [2.75, 3.05) is 13.2 Å². The lowest BCUT2D eigenvalue weighted by Gasteiger charge is -2.21. The highest BCUT2D eigenvalue weighted by Gasteiger charge is 2.16. The Balaban J connectivity index is 1.82. The quantitative estimate of drug-likeness (QED) is 0.648. The third kappa shape index (κ3) is 2.57. The van der Waals surface area contributed by atoms with E-state index in [4.69, 9.17) is 19.7 Å². The monoisotopic (exact) mass is 260 g/mol. The summed E-state index contributed by atoms with van der Waals surface area (Å²) in [5.74, 6) is 7.21. The van der Waals surface area contributed by atoms with E-state index in [0.29, 0.717) is 13.2 Å². The molecule has 1 aromatic heterocycles. The standard InChI is InChI=1S/C14H16N2O3/c15-16-12(7-10-3-4-17-9-10)11-1-2-13-14(8-11)19-6-5-18-13/h1-4,8-9,12,16H,5-7,15H2. The van der Waals surface area contributed by atoms with Crippen molar-refractivity contribution in [2.45, 2.75) is 12.5 Å². The van der Waals surface area contributed by atoms with Crippen LogP contribution in [0.2, 0.25) is 0 Å².